The molecular formula is C21H24FNO2. The maximum absolute atomic E-state index is 14.0. The fraction of sp³-hybridized carbons (Fsp3) is 0.429. The van der Waals surface area contributed by atoms with Gasteiger partial charge >= 0.3 is 0 Å². The Morgan fingerprint density at radius 2 is 1.80 bits per heavy atom. The molecule has 0 radical (unpaired) electrons. The van der Waals surface area contributed by atoms with Crippen molar-refractivity contribution in [2.45, 2.75) is 56.8 Å². The summed E-state index contributed by atoms with van der Waals surface area (Å²) in [4.78, 5) is 0. The van der Waals surface area contributed by atoms with Crippen LogP contribution in [0.4, 0.5) is 4.39 Å². The summed E-state index contributed by atoms with van der Waals surface area (Å²) in [6.07, 6.45) is 5.77. The Morgan fingerprint density at radius 3 is 2.60 bits per heavy atom. The third kappa shape index (κ3) is 3.64. The zero-order chi connectivity index (χ0) is 17.2. The van der Waals surface area contributed by atoms with Crippen LogP contribution in [-0.2, 0) is 6.42 Å². The number of halogens is 1. The largest absolute Gasteiger partial charge is 0.490 e. The summed E-state index contributed by atoms with van der Waals surface area (Å²) in [5, 5.41) is 0. The number of nitrogens with two attached hydrogens (primary N) is 1. The molecule has 1 aliphatic carbocycles. The van der Waals surface area contributed by atoms with Crippen LogP contribution in [0.3, 0.4) is 0 Å². The molecule has 1 atom stereocenters. The Balaban J connectivity index is 1.45. The van der Waals surface area contributed by atoms with Gasteiger partial charge in [-0.3, -0.25) is 0 Å². The van der Waals surface area contributed by atoms with Crippen LogP contribution >= 0.6 is 0 Å². The van der Waals surface area contributed by atoms with Crippen LogP contribution in [0.5, 0.6) is 11.5 Å². The van der Waals surface area contributed by atoms with Gasteiger partial charge in [0, 0.05) is 11.6 Å². The smallest absolute Gasteiger partial charge is 0.130 e. The lowest BCUT2D eigenvalue weighted by molar-refractivity contribution is 0.145. The van der Waals surface area contributed by atoms with Gasteiger partial charge in [0.15, 0.2) is 0 Å². The van der Waals surface area contributed by atoms with E-state index in [4.69, 9.17) is 15.2 Å². The molecule has 1 fully saturated rings. The summed E-state index contributed by atoms with van der Waals surface area (Å²) in [6.45, 7) is 0. The number of hydrogen-bond acceptors (Lipinski definition) is 3. The monoisotopic (exact) mass is 341 g/mol. The van der Waals surface area contributed by atoms with Crippen LogP contribution < -0.4 is 15.2 Å². The fourth-order valence-electron chi connectivity index (χ4n) is 3.79. The zero-order valence-electron chi connectivity index (χ0n) is 14.3. The lowest BCUT2D eigenvalue weighted by Crippen LogP contribution is -2.31. The van der Waals surface area contributed by atoms with Gasteiger partial charge in [-0.15, -0.1) is 0 Å². The van der Waals surface area contributed by atoms with Crippen LogP contribution in [0, 0.1) is 5.82 Å². The zero-order valence-corrected chi connectivity index (χ0v) is 14.3. The van der Waals surface area contributed by atoms with E-state index in [0.717, 1.165) is 55.6 Å². The van der Waals surface area contributed by atoms with E-state index < -0.39 is 0 Å². The highest BCUT2D eigenvalue weighted by Crippen LogP contribution is 2.38. The van der Waals surface area contributed by atoms with Crippen molar-refractivity contribution < 1.29 is 13.9 Å². The number of rotatable bonds is 3. The summed E-state index contributed by atoms with van der Waals surface area (Å²) in [6, 6.07) is 13.1. The number of hydrogen-bond donors (Lipinski definition) is 1. The summed E-state index contributed by atoms with van der Waals surface area (Å²) in [7, 11) is 0. The van der Waals surface area contributed by atoms with Gasteiger partial charge in [0.25, 0.3) is 0 Å². The van der Waals surface area contributed by atoms with Crippen LogP contribution in [0.15, 0.2) is 42.5 Å². The Morgan fingerprint density at radius 1 is 1.00 bits per heavy atom. The molecule has 4 rings (SSSR count). The molecule has 25 heavy (non-hydrogen) atoms. The minimum absolute atomic E-state index is 0.202. The molecule has 0 amide bonds. The summed E-state index contributed by atoms with van der Waals surface area (Å²) >= 11 is 0. The molecule has 132 valence electrons. The van der Waals surface area contributed by atoms with E-state index in [2.05, 4.69) is 6.07 Å². The summed E-state index contributed by atoms with van der Waals surface area (Å²) in [5.74, 6) is 1.52. The molecule has 0 bridgehead atoms. The second-order valence-electron chi connectivity index (χ2n) is 7.09. The van der Waals surface area contributed by atoms with Crippen LogP contribution in [0.2, 0.25) is 0 Å². The van der Waals surface area contributed by atoms with Crippen LogP contribution in [0.1, 0.15) is 49.3 Å². The minimum Gasteiger partial charge on any atom is -0.490 e. The average molecular weight is 341 g/mol. The highest BCUT2D eigenvalue weighted by atomic mass is 19.1. The normalized spacial score (nSPS) is 25.8. The number of ether oxygens (including phenoxy) is 2. The topological polar surface area (TPSA) is 44.5 Å². The predicted octanol–water partition coefficient (Wildman–Crippen LogP) is 4.54. The third-order valence-corrected chi connectivity index (χ3v) is 5.25. The van der Waals surface area contributed by atoms with E-state index >= 15 is 0 Å². The van der Waals surface area contributed by atoms with E-state index in [-0.39, 0.29) is 18.0 Å². The molecule has 4 heteroatoms. The molecule has 2 aromatic rings. The quantitative estimate of drug-likeness (QED) is 0.891. The van der Waals surface area contributed by atoms with E-state index in [0.29, 0.717) is 11.6 Å². The minimum atomic E-state index is -0.222. The number of fused-ring (bicyclic) bond motifs is 1. The van der Waals surface area contributed by atoms with E-state index in [1.165, 1.54) is 6.07 Å². The van der Waals surface area contributed by atoms with Crippen molar-refractivity contribution >= 4 is 0 Å². The second-order valence-corrected chi connectivity index (χ2v) is 7.09. The Hall–Kier alpha value is -2.07. The average Bonchev–Trinajstić information content (AvgIpc) is 2.64. The highest BCUT2D eigenvalue weighted by Gasteiger charge is 2.25. The SMILES string of the molecule is NC1CCC(Oc2ccc3c(c2)CCC(c2ccccc2F)O3)CC1. The van der Waals surface area contributed by atoms with Crippen molar-refractivity contribution in [1.82, 2.24) is 0 Å². The molecule has 3 nitrogen and oxygen atoms in total. The van der Waals surface area contributed by atoms with E-state index in [1.54, 1.807) is 12.1 Å². The first kappa shape index (κ1) is 16.4. The molecule has 0 aromatic heterocycles. The van der Waals surface area contributed by atoms with Crippen molar-refractivity contribution in [3.8, 4) is 11.5 Å². The molecular weight excluding hydrogens is 317 g/mol. The van der Waals surface area contributed by atoms with Gasteiger partial charge in [0.2, 0.25) is 0 Å². The van der Waals surface area contributed by atoms with Gasteiger partial charge in [-0.1, -0.05) is 18.2 Å². The molecule has 2 aromatic carbocycles. The lowest BCUT2D eigenvalue weighted by Gasteiger charge is -2.29. The van der Waals surface area contributed by atoms with Gasteiger partial charge in [0.1, 0.15) is 23.4 Å². The lowest BCUT2D eigenvalue weighted by atomic mass is 9.93. The molecule has 1 saturated carbocycles. The van der Waals surface area contributed by atoms with Crippen molar-refractivity contribution in [2.75, 3.05) is 0 Å². The van der Waals surface area contributed by atoms with Gasteiger partial charge in [-0.05, 0) is 68.4 Å². The van der Waals surface area contributed by atoms with Gasteiger partial charge in [-0.25, -0.2) is 4.39 Å². The molecule has 2 N–H and O–H groups in total. The first-order valence-electron chi connectivity index (χ1n) is 9.15. The van der Waals surface area contributed by atoms with Crippen LogP contribution in [-0.4, -0.2) is 12.1 Å². The Bertz CT molecular complexity index is 740. The molecule has 0 spiro atoms. The van der Waals surface area contributed by atoms with Crippen molar-refractivity contribution in [1.29, 1.82) is 0 Å². The number of benzene rings is 2. The first-order valence-corrected chi connectivity index (χ1v) is 9.15. The summed E-state index contributed by atoms with van der Waals surface area (Å²) < 4.78 is 26.2. The molecule has 2 aliphatic rings. The van der Waals surface area contributed by atoms with Gasteiger partial charge in [-0.2, -0.15) is 0 Å². The second kappa shape index (κ2) is 7.04. The standard InChI is InChI=1S/C21H24FNO2/c22-19-4-2-1-3-18(19)21-11-5-14-13-17(10-12-20(14)25-21)24-16-8-6-15(23)7-9-16/h1-4,10,12-13,15-16,21H,5-9,11,23H2. The van der Waals surface area contributed by atoms with Crippen molar-refractivity contribution in [2.24, 2.45) is 5.73 Å². The van der Waals surface area contributed by atoms with Gasteiger partial charge in [0.05, 0.1) is 6.10 Å². The van der Waals surface area contributed by atoms with Gasteiger partial charge < -0.3 is 15.2 Å². The maximum Gasteiger partial charge on any atom is 0.130 e. The fourth-order valence-corrected chi connectivity index (χ4v) is 3.79. The van der Waals surface area contributed by atoms with E-state index in [1.807, 2.05) is 18.2 Å². The first-order chi connectivity index (χ1) is 12.2. The predicted molar refractivity (Wildman–Crippen MR) is 95.4 cm³/mol. The Kier molecular flexibility index (Phi) is 4.62. The number of aryl methyl sites for hydroxylation is 1. The maximum atomic E-state index is 14.0. The van der Waals surface area contributed by atoms with E-state index in [9.17, 15) is 4.39 Å². The third-order valence-electron chi connectivity index (χ3n) is 5.25. The Labute approximate surface area is 147 Å². The summed E-state index contributed by atoms with van der Waals surface area (Å²) in [5.41, 5.74) is 7.72. The van der Waals surface area contributed by atoms with Crippen molar-refractivity contribution in [3.05, 3.63) is 59.4 Å². The van der Waals surface area contributed by atoms with Crippen LogP contribution in [0.25, 0.3) is 0 Å². The molecule has 1 aliphatic heterocycles. The molecule has 0 saturated heterocycles. The molecule has 1 heterocycles. The van der Waals surface area contributed by atoms with Crippen molar-refractivity contribution in [3.63, 3.8) is 0 Å². The highest BCUT2D eigenvalue weighted by molar-refractivity contribution is 5.42. The molecule has 1 unspecified atom stereocenters.